The minimum absolute atomic E-state index is 0.201. The first-order valence-electron chi connectivity index (χ1n) is 13.6. The maximum Gasteiger partial charge on any atom is 0.254 e. The molecule has 1 amide bonds. The first-order valence-corrected chi connectivity index (χ1v) is 13.6. The Morgan fingerprint density at radius 1 is 1.00 bits per heavy atom. The van der Waals surface area contributed by atoms with Gasteiger partial charge >= 0.3 is 0 Å². The SMILES string of the molecule is N#CCC1CCN(CCN2CCC(Nc3nc(N4CCCCCC4)nc(C=N)c3C(N)=O)CC2)CC1. The first-order chi connectivity index (χ1) is 17.6. The number of nitrogens with two attached hydrogens (primary N) is 1. The largest absolute Gasteiger partial charge is 0.366 e. The Hall–Kier alpha value is -2.77. The Morgan fingerprint density at radius 2 is 1.61 bits per heavy atom. The summed E-state index contributed by atoms with van der Waals surface area (Å²) < 4.78 is 0. The molecule has 1 aromatic heterocycles. The molecule has 10 nitrogen and oxygen atoms in total. The van der Waals surface area contributed by atoms with Gasteiger partial charge in [-0.3, -0.25) is 4.79 Å². The van der Waals surface area contributed by atoms with E-state index in [1.807, 2.05) is 0 Å². The van der Waals surface area contributed by atoms with Crippen molar-refractivity contribution in [1.29, 1.82) is 10.7 Å². The van der Waals surface area contributed by atoms with Crippen molar-refractivity contribution >= 4 is 23.9 Å². The van der Waals surface area contributed by atoms with Gasteiger partial charge in [0.15, 0.2) is 0 Å². The molecule has 10 heteroatoms. The van der Waals surface area contributed by atoms with Gasteiger partial charge in [-0.25, -0.2) is 4.98 Å². The summed E-state index contributed by atoms with van der Waals surface area (Å²) in [7, 11) is 0. The second-order valence-electron chi connectivity index (χ2n) is 10.4. The fourth-order valence-corrected chi connectivity index (χ4v) is 5.65. The number of hydrogen-bond acceptors (Lipinski definition) is 9. The predicted octanol–water partition coefficient (Wildman–Crippen LogP) is 2.46. The number of anilines is 2. The molecule has 36 heavy (non-hydrogen) atoms. The Morgan fingerprint density at radius 3 is 2.17 bits per heavy atom. The number of aromatic nitrogens is 2. The van der Waals surface area contributed by atoms with Gasteiger partial charge in [0.2, 0.25) is 5.95 Å². The van der Waals surface area contributed by atoms with E-state index in [1.165, 1.54) is 12.8 Å². The van der Waals surface area contributed by atoms with Crippen molar-refractivity contribution in [1.82, 2.24) is 19.8 Å². The Bertz CT molecular complexity index is 922. The van der Waals surface area contributed by atoms with Gasteiger partial charge in [0.25, 0.3) is 5.91 Å². The van der Waals surface area contributed by atoms with Crippen LogP contribution in [0, 0.1) is 22.7 Å². The quantitative estimate of drug-likeness (QED) is 0.444. The number of nitriles is 1. The first kappa shape index (κ1) is 26.3. The molecule has 1 aromatic rings. The molecule has 4 N–H and O–H groups in total. The molecule has 0 bridgehead atoms. The summed E-state index contributed by atoms with van der Waals surface area (Å²) in [6.07, 6.45) is 10.6. The average Bonchev–Trinajstić information content (AvgIpc) is 3.18. The minimum atomic E-state index is -0.602. The van der Waals surface area contributed by atoms with Crippen molar-refractivity contribution in [3.8, 4) is 6.07 Å². The van der Waals surface area contributed by atoms with Crippen LogP contribution in [0.2, 0.25) is 0 Å². The van der Waals surface area contributed by atoms with Crippen LogP contribution >= 0.6 is 0 Å². The molecule has 0 aliphatic carbocycles. The third-order valence-electron chi connectivity index (χ3n) is 7.95. The van der Waals surface area contributed by atoms with Gasteiger partial charge in [-0.15, -0.1) is 0 Å². The summed E-state index contributed by atoms with van der Waals surface area (Å²) in [4.78, 5) is 28.8. The number of nitrogens with one attached hydrogen (secondary N) is 2. The van der Waals surface area contributed by atoms with Crippen LogP contribution in [0.3, 0.4) is 0 Å². The molecule has 3 saturated heterocycles. The molecule has 4 rings (SSSR count). The molecular formula is C26H41N9O. The number of piperidine rings is 2. The van der Waals surface area contributed by atoms with Crippen LogP contribution in [0.1, 0.15) is 73.8 Å². The maximum absolute atomic E-state index is 12.3. The number of carbonyl (C=O) groups excluding carboxylic acids is 1. The molecular weight excluding hydrogens is 454 g/mol. The lowest BCUT2D eigenvalue weighted by Gasteiger charge is -2.36. The third-order valence-corrected chi connectivity index (χ3v) is 7.95. The van der Waals surface area contributed by atoms with E-state index in [9.17, 15) is 4.79 Å². The van der Waals surface area contributed by atoms with Crippen LogP contribution in [0.25, 0.3) is 0 Å². The van der Waals surface area contributed by atoms with Crippen molar-refractivity contribution in [2.24, 2.45) is 11.7 Å². The lowest BCUT2D eigenvalue weighted by Crippen LogP contribution is -2.44. The highest BCUT2D eigenvalue weighted by molar-refractivity contribution is 6.04. The number of nitrogens with zero attached hydrogens (tertiary/aromatic N) is 6. The van der Waals surface area contributed by atoms with E-state index < -0.39 is 5.91 Å². The summed E-state index contributed by atoms with van der Waals surface area (Å²) in [5.41, 5.74) is 6.20. The average molecular weight is 496 g/mol. The van der Waals surface area contributed by atoms with Crippen LogP contribution in [0.5, 0.6) is 0 Å². The topological polar surface area (TPSA) is 138 Å². The van der Waals surface area contributed by atoms with Crippen molar-refractivity contribution < 1.29 is 4.79 Å². The third kappa shape index (κ3) is 6.92. The van der Waals surface area contributed by atoms with E-state index in [-0.39, 0.29) is 17.3 Å². The van der Waals surface area contributed by atoms with Crippen LogP contribution < -0.4 is 16.0 Å². The molecule has 0 unspecified atom stereocenters. The van der Waals surface area contributed by atoms with Crippen molar-refractivity contribution in [3.05, 3.63) is 11.3 Å². The van der Waals surface area contributed by atoms with Gasteiger partial charge in [-0.2, -0.15) is 10.2 Å². The molecule has 196 valence electrons. The number of hydrogen-bond donors (Lipinski definition) is 3. The zero-order valence-electron chi connectivity index (χ0n) is 21.4. The lowest BCUT2D eigenvalue weighted by atomic mass is 9.94. The number of amides is 1. The van der Waals surface area contributed by atoms with E-state index in [0.717, 1.165) is 97.1 Å². The predicted molar refractivity (Wildman–Crippen MR) is 142 cm³/mol. The molecule has 0 saturated carbocycles. The van der Waals surface area contributed by atoms with Crippen LogP contribution in [0.4, 0.5) is 11.8 Å². The molecule has 0 aromatic carbocycles. The van der Waals surface area contributed by atoms with Gasteiger partial charge in [-0.1, -0.05) is 12.8 Å². The lowest BCUT2D eigenvalue weighted by molar-refractivity contribution is 0.1000. The monoisotopic (exact) mass is 495 g/mol. The van der Waals surface area contributed by atoms with Gasteiger partial charge in [0, 0.05) is 57.9 Å². The Balaban J connectivity index is 1.33. The number of carbonyl (C=O) groups is 1. The highest BCUT2D eigenvalue weighted by Gasteiger charge is 2.26. The molecule has 0 spiro atoms. The van der Waals surface area contributed by atoms with Gasteiger partial charge in [-0.05, 0) is 57.5 Å². The molecule has 0 atom stereocenters. The van der Waals surface area contributed by atoms with E-state index >= 15 is 0 Å². The number of primary amides is 1. The highest BCUT2D eigenvalue weighted by atomic mass is 16.1. The summed E-state index contributed by atoms with van der Waals surface area (Å²) in [6.45, 7) is 8.11. The van der Waals surface area contributed by atoms with Gasteiger partial charge < -0.3 is 31.2 Å². The van der Waals surface area contributed by atoms with Gasteiger partial charge in [0.1, 0.15) is 17.1 Å². The van der Waals surface area contributed by atoms with Crippen LogP contribution in [-0.4, -0.2) is 90.3 Å². The molecule has 3 aliphatic rings. The van der Waals surface area contributed by atoms with Crippen molar-refractivity contribution in [3.63, 3.8) is 0 Å². The molecule has 3 fully saturated rings. The second kappa shape index (κ2) is 13.0. The van der Waals surface area contributed by atoms with Crippen LogP contribution in [0.15, 0.2) is 0 Å². The summed E-state index contributed by atoms with van der Waals surface area (Å²) in [5, 5.41) is 20.2. The summed E-state index contributed by atoms with van der Waals surface area (Å²) in [6, 6.07) is 2.52. The second-order valence-corrected chi connectivity index (χ2v) is 10.4. The number of rotatable bonds is 9. The molecule has 0 radical (unpaired) electrons. The summed E-state index contributed by atoms with van der Waals surface area (Å²) in [5.74, 6) is 1.02. The fourth-order valence-electron chi connectivity index (χ4n) is 5.65. The molecule has 3 aliphatic heterocycles. The van der Waals surface area contributed by atoms with Crippen molar-refractivity contribution in [2.75, 3.05) is 62.6 Å². The van der Waals surface area contributed by atoms with E-state index in [1.54, 1.807) is 0 Å². The van der Waals surface area contributed by atoms with E-state index in [0.29, 0.717) is 24.1 Å². The van der Waals surface area contributed by atoms with Crippen LogP contribution in [-0.2, 0) is 0 Å². The standard InChI is InChI=1S/C26H41N9O/c27-10-5-20-6-13-33(14-7-20)17-18-34-15-8-21(9-16-34)30-25-23(24(29)36)22(19-28)31-26(32-25)35-11-3-1-2-4-12-35/h19-21,28H,1-9,11-18H2,(H2,29,36)(H,30,31,32). The molecule has 4 heterocycles. The maximum atomic E-state index is 12.3. The zero-order valence-corrected chi connectivity index (χ0v) is 21.4. The van der Waals surface area contributed by atoms with E-state index in [2.05, 4.69) is 31.1 Å². The Labute approximate surface area is 214 Å². The zero-order chi connectivity index (χ0) is 25.3. The minimum Gasteiger partial charge on any atom is -0.366 e. The number of likely N-dealkylation sites (tertiary alicyclic amines) is 2. The van der Waals surface area contributed by atoms with E-state index in [4.69, 9.17) is 21.4 Å². The fraction of sp³-hybridized carbons (Fsp3) is 0.731. The smallest absolute Gasteiger partial charge is 0.254 e. The summed E-state index contributed by atoms with van der Waals surface area (Å²) >= 11 is 0. The highest BCUT2D eigenvalue weighted by Crippen LogP contribution is 2.25. The van der Waals surface area contributed by atoms with Crippen molar-refractivity contribution in [2.45, 2.75) is 63.8 Å². The Kier molecular flexibility index (Phi) is 9.47. The van der Waals surface area contributed by atoms with Gasteiger partial charge in [0.05, 0.1) is 6.07 Å². The normalized spacial score (nSPS) is 21.0.